The minimum absolute atomic E-state index is 0.0222. The van der Waals surface area contributed by atoms with Gasteiger partial charge in [-0.3, -0.25) is 24.0 Å². The zero-order chi connectivity index (χ0) is 50.7. The summed E-state index contributed by atoms with van der Waals surface area (Å²) in [6, 6.07) is -1.98. The van der Waals surface area contributed by atoms with E-state index in [9.17, 15) is 54.6 Å². The second-order valence-corrected chi connectivity index (χ2v) is 18.6. The standard InChI is InChI=1S/C46H88N6O15/c1-10-18-48-38(59)12-15-46(47-9,16-13-39(60)49-21-28(3)19-29(4)26-64-44(35(23-53)51-32(7)57)66-36(24-54)31(6)56)17-14-40(61)50-22-34(11-2)20-30(5)27-65-45-41(52-33(8)58)43(63)42(62)37(25-55)67-45/h28-31,34-37,41-45,47,53-56,62-63H,10-27H2,1-9H3,(H,48,59)(H,49,60)(H,50,61)(H,51,57)(H,52,58)/t28?,29?,30?,31-,34?,35+,36?,37?,41?,42?,43?,44?,45?,46?/m1/s1. The van der Waals surface area contributed by atoms with Crippen LogP contribution < -0.4 is 31.9 Å². The Balaban J connectivity index is 2.82. The van der Waals surface area contributed by atoms with Crippen molar-refractivity contribution in [3.8, 4) is 0 Å². The van der Waals surface area contributed by atoms with Gasteiger partial charge in [0.1, 0.15) is 36.5 Å². The maximum Gasteiger partial charge on any atom is 0.220 e. The van der Waals surface area contributed by atoms with Gasteiger partial charge in [0.25, 0.3) is 0 Å². The molecule has 5 amide bonds. The first-order valence-electron chi connectivity index (χ1n) is 24.1. The van der Waals surface area contributed by atoms with Crippen molar-refractivity contribution in [2.24, 2.45) is 23.7 Å². The predicted octanol–water partition coefficient (Wildman–Crippen LogP) is -0.683. The van der Waals surface area contributed by atoms with E-state index in [1.54, 1.807) is 7.05 Å². The highest BCUT2D eigenvalue weighted by Crippen LogP contribution is 2.27. The molecular weight excluding hydrogens is 877 g/mol. The summed E-state index contributed by atoms with van der Waals surface area (Å²) in [6.45, 7) is 14.0. The lowest BCUT2D eigenvalue weighted by molar-refractivity contribution is -0.272. The number of rotatable bonds is 36. The van der Waals surface area contributed by atoms with Crippen LogP contribution in [-0.2, 0) is 42.9 Å². The first-order valence-corrected chi connectivity index (χ1v) is 24.1. The Hall–Kier alpha value is -3.09. The van der Waals surface area contributed by atoms with Gasteiger partial charge >= 0.3 is 0 Å². The van der Waals surface area contributed by atoms with Crippen LogP contribution >= 0.6 is 0 Å². The number of hydrogen-bond acceptors (Lipinski definition) is 16. The van der Waals surface area contributed by atoms with Crippen LogP contribution in [0.2, 0.25) is 0 Å². The SMILES string of the molecule is CCCNC(=O)CCC(CCC(=O)NCC(C)CC(C)COC(OC(CO)[C@@H](C)O)[C@H](CO)NC(C)=O)(CCC(=O)NCC(CC)CC(C)COC1OC(CO)C(O)C(O)C1NC(C)=O)NC. The minimum atomic E-state index is -1.41. The molecule has 21 nitrogen and oxygen atoms in total. The average Bonchev–Trinajstić information content (AvgIpc) is 3.29. The molecule has 0 bridgehead atoms. The molecule has 1 rings (SSSR count). The van der Waals surface area contributed by atoms with Crippen LogP contribution in [0.1, 0.15) is 120 Å². The molecule has 0 aromatic rings. The summed E-state index contributed by atoms with van der Waals surface area (Å²) in [7, 11) is 1.77. The van der Waals surface area contributed by atoms with E-state index in [1.807, 2.05) is 34.6 Å². The molecule has 12 unspecified atom stereocenters. The normalized spacial score (nSPS) is 23.0. The Morgan fingerprint density at radius 3 is 1.82 bits per heavy atom. The third-order valence-electron chi connectivity index (χ3n) is 12.2. The molecule has 1 aliphatic rings. The van der Waals surface area contributed by atoms with Gasteiger partial charge in [0, 0.05) is 58.3 Å². The molecule has 67 heavy (non-hydrogen) atoms. The molecule has 392 valence electrons. The van der Waals surface area contributed by atoms with E-state index in [4.69, 9.17) is 18.9 Å². The van der Waals surface area contributed by atoms with E-state index >= 15 is 0 Å². The largest absolute Gasteiger partial charge is 0.394 e. The van der Waals surface area contributed by atoms with Gasteiger partial charge in [-0.05, 0) is 76.2 Å². The van der Waals surface area contributed by atoms with Crippen molar-refractivity contribution in [3.05, 3.63) is 0 Å². The molecular formula is C46H88N6O15. The highest BCUT2D eigenvalue weighted by atomic mass is 16.7. The van der Waals surface area contributed by atoms with Gasteiger partial charge in [-0.15, -0.1) is 0 Å². The highest BCUT2D eigenvalue weighted by molar-refractivity contribution is 5.77. The van der Waals surface area contributed by atoms with Crippen molar-refractivity contribution in [2.45, 2.75) is 180 Å². The van der Waals surface area contributed by atoms with Crippen LogP contribution in [0.25, 0.3) is 0 Å². The fourth-order valence-corrected chi connectivity index (χ4v) is 8.08. The van der Waals surface area contributed by atoms with Gasteiger partial charge < -0.3 is 81.5 Å². The maximum absolute atomic E-state index is 13.3. The fraction of sp³-hybridized carbons (Fsp3) is 0.891. The monoisotopic (exact) mass is 965 g/mol. The zero-order valence-corrected chi connectivity index (χ0v) is 41.6. The van der Waals surface area contributed by atoms with Crippen LogP contribution in [-0.4, -0.2) is 181 Å². The number of amides is 5. The molecule has 0 saturated carbocycles. The van der Waals surface area contributed by atoms with Crippen molar-refractivity contribution in [1.29, 1.82) is 0 Å². The third kappa shape index (κ3) is 24.3. The van der Waals surface area contributed by atoms with Crippen molar-refractivity contribution in [2.75, 3.05) is 59.7 Å². The van der Waals surface area contributed by atoms with Crippen molar-refractivity contribution < 1.29 is 73.6 Å². The number of carbonyl (C=O) groups is 5. The Kier molecular flexibility index (Phi) is 30.9. The quantitative estimate of drug-likeness (QED) is 0.0346. The topological polar surface area (TPSA) is 316 Å². The molecule has 1 fully saturated rings. The summed E-state index contributed by atoms with van der Waals surface area (Å²) in [4.78, 5) is 62.8. The summed E-state index contributed by atoms with van der Waals surface area (Å²) >= 11 is 0. The van der Waals surface area contributed by atoms with Gasteiger partial charge in [0.15, 0.2) is 12.6 Å². The smallest absolute Gasteiger partial charge is 0.220 e. The molecule has 21 heteroatoms. The van der Waals surface area contributed by atoms with Crippen LogP contribution in [0.3, 0.4) is 0 Å². The molecule has 0 radical (unpaired) electrons. The van der Waals surface area contributed by atoms with Crippen LogP contribution in [0.5, 0.6) is 0 Å². The predicted molar refractivity (Wildman–Crippen MR) is 249 cm³/mol. The summed E-state index contributed by atoms with van der Waals surface area (Å²) in [5, 5.41) is 77.5. The first-order chi connectivity index (χ1) is 31.7. The van der Waals surface area contributed by atoms with Crippen LogP contribution in [0.15, 0.2) is 0 Å². The lowest BCUT2D eigenvalue weighted by Crippen LogP contribution is -2.64. The summed E-state index contributed by atoms with van der Waals surface area (Å²) < 4.78 is 23.3. The van der Waals surface area contributed by atoms with Crippen LogP contribution in [0.4, 0.5) is 0 Å². The van der Waals surface area contributed by atoms with Gasteiger partial charge in [0.05, 0.1) is 39.1 Å². The summed E-state index contributed by atoms with van der Waals surface area (Å²) in [5.41, 5.74) is -0.689. The number of ether oxygens (including phenoxy) is 4. The Labute approximate surface area is 397 Å². The fourth-order valence-electron chi connectivity index (χ4n) is 8.08. The average molecular weight is 965 g/mol. The Morgan fingerprint density at radius 2 is 1.33 bits per heavy atom. The molecule has 0 spiro atoms. The van der Waals surface area contributed by atoms with Crippen molar-refractivity contribution in [3.63, 3.8) is 0 Å². The molecule has 12 N–H and O–H groups in total. The van der Waals surface area contributed by atoms with E-state index in [-0.39, 0.29) is 73.9 Å². The number of carbonyl (C=O) groups excluding carboxylic acids is 5. The third-order valence-corrected chi connectivity index (χ3v) is 12.2. The molecule has 1 aliphatic heterocycles. The van der Waals surface area contributed by atoms with Crippen LogP contribution in [0, 0.1) is 23.7 Å². The van der Waals surface area contributed by atoms with Gasteiger partial charge in [-0.1, -0.05) is 41.0 Å². The lowest BCUT2D eigenvalue weighted by atomic mass is 9.83. The number of aliphatic hydroxyl groups excluding tert-OH is 6. The lowest BCUT2D eigenvalue weighted by Gasteiger charge is -2.42. The minimum Gasteiger partial charge on any atom is -0.394 e. The second kappa shape index (κ2) is 33.4. The molecule has 0 aliphatic carbocycles. The molecule has 1 heterocycles. The van der Waals surface area contributed by atoms with E-state index in [0.29, 0.717) is 51.7 Å². The maximum atomic E-state index is 13.3. The van der Waals surface area contributed by atoms with Gasteiger partial charge in [-0.25, -0.2) is 0 Å². The Bertz CT molecular complexity index is 1430. The highest BCUT2D eigenvalue weighted by Gasteiger charge is 2.45. The number of nitrogens with one attached hydrogen (secondary N) is 6. The molecule has 14 atom stereocenters. The van der Waals surface area contributed by atoms with E-state index in [2.05, 4.69) is 31.9 Å². The number of hydrogen-bond donors (Lipinski definition) is 12. The molecule has 0 aromatic heterocycles. The van der Waals surface area contributed by atoms with E-state index in [0.717, 1.165) is 12.8 Å². The van der Waals surface area contributed by atoms with Gasteiger partial charge in [-0.2, -0.15) is 0 Å². The summed E-state index contributed by atoms with van der Waals surface area (Å²) in [5.74, 6) is -1.24. The van der Waals surface area contributed by atoms with Crippen molar-refractivity contribution in [1.82, 2.24) is 31.9 Å². The Morgan fingerprint density at radius 1 is 0.746 bits per heavy atom. The number of aliphatic hydroxyl groups is 6. The van der Waals surface area contributed by atoms with Crippen molar-refractivity contribution >= 4 is 29.5 Å². The van der Waals surface area contributed by atoms with E-state index in [1.165, 1.54) is 20.8 Å². The summed E-state index contributed by atoms with van der Waals surface area (Å²) in [6.07, 6.45) is -3.62. The van der Waals surface area contributed by atoms with E-state index < -0.39 is 92.4 Å². The molecule has 0 aromatic carbocycles. The van der Waals surface area contributed by atoms with Gasteiger partial charge in [0.2, 0.25) is 29.5 Å². The molecule has 1 saturated heterocycles. The zero-order valence-electron chi connectivity index (χ0n) is 41.6. The first kappa shape index (κ1) is 61.9. The second-order valence-electron chi connectivity index (χ2n) is 18.6.